The van der Waals surface area contributed by atoms with E-state index >= 15 is 0 Å². The van der Waals surface area contributed by atoms with Crippen LogP contribution in [0.25, 0.3) is 0 Å². The topological polar surface area (TPSA) is 78.8 Å². The van der Waals surface area contributed by atoms with Crippen molar-refractivity contribution in [2.45, 2.75) is 32.7 Å². The molecule has 0 amide bonds. The fourth-order valence-electron chi connectivity index (χ4n) is 2.25. The Labute approximate surface area is 176 Å². The van der Waals surface area contributed by atoms with Crippen molar-refractivity contribution < 1.29 is 9.84 Å². The molecule has 0 radical (unpaired) electrons. The van der Waals surface area contributed by atoms with Crippen molar-refractivity contribution in [2.24, 2.45) is 4.99 Å². The van der Waals surface area contributed by atoms with Gasteiger partial charge in [0.25, 0.3) is 0 Å². The molecule has 2 aromatic rings. The quantitative estimate of drug-likeness (QED) is 0.315. The van der Waals surface area contributed by atoms with Crippen LogP contribution in [0.3, 0.4) is 0 Å². The first kappa shape index (κ1) is 22.5. The zero-order valence-electron chi connectivity index (χ0n) is 15.6. The second-order valence-electron chi connectivity index (χ2n) is 5.92. The Balaban J connectivity index is 0.00000338. The van der Waals surface area contributed by atoms with Gasteiger partial charge < -0.3 is 20.5 Å². The van der Waals surface area contributed by atoms with E-state index in [0.717, 1.165) is 16.3 Å². The lowest BCUT2D eigenvalue weighted by Gasteiger charge is -2.12. The molecule has 0 bridgehead atoms. The van der Waals surface area contributed by atoms with E-state index in [0.29, 0.717) is 37.1 Å². The molecule has 0 saturated heterocycles. The third kappa shape index (κ3) is 6.64. The van der Waals surface area contributed by atoms with Gasteiger partial charge in [-0.25, -0.2) is 4.98 Å². The first-order valence-electron chi connectivity index (χ1n) is 8.28. The molecule has 1 aromatic carbocycles. The number of nitrogens with zero attached hydrogens (tertiary/aromatic N) is 2. The summed E-state index contributed by atoms with van der Waals surface area (Å²) in [6.07, 6.45) is 0.686. The summed E-state index contributed by atoms with van der Waals surface area (Å²) in [5, 5.41) is 19.6. The molecule has 0 spiro atoms. The highest BCUT2D eigenvalue weighted by Gasteiger charge is 2.07. The summed E-state index contributed by atoms with van der Waals surface area (Å²) in [5.74, 6) is 2.05. The summed E-state index contributed by atoms with van der Waals surface area (Å²) >= 11 is 1.66. The maximum absolute atomic E-state index is 9.98. The fourth-order valence-corrected chi connectivity index (χ4v) is 3.14. The van der Waals surface area contributed by atoms with Gasteiger partial charge in [0.1, 0.15) is 16.5 Å². The van der Waals surface area contributed by atoms with E-state index in [1.165, 1.54) is 0 Å². The number of ether oxygens (including phenoxy) is 1. The smallest absolute Gasteiger partial charge is 0.191 e. The van der Waals surface area contributed by atoms with Crippen molar-refractivity contribution in [3.8, 4) is 11.5 Å². The molecule has 1 heterocycles. The van der Waals surface area contributed by atoms with Crippen LogP contribution in [0, 0.1) is 0 Å². The maximum Gasteiger partial charge on any atom is 0.191 e. The Morgan fingerprint density at radius 1 is 1.35 bits per heavy atom. The first-order chi connectivity index (χ1) is 12.0. The average Bonchev–Trinajstić information content (AvgIpc) is 3.08. The standard InChI is InChI=1S/C18H26N4O2S.HI/c1-12(2)15-11-25-17(22-15)10-21-18(19-3)20-8-7-13-5-6-14(24-4)9-16(13)23;/h5-6,9,11-12,23H,7-8,10H2,1-4H3,(H2,19,20,21);1H. The number of benzene rings is 1. The third-order valence-corrected chi connectivity index (χ3v) is 4.64. The number of thiazole rings is 1. The number of halogens is 1. The first-order valence-corrected chi connectivity index (χ1v) is 9.16. The van der Waals surface area contributed by atoms with Gasteiger partial charge in [-0.1, -0.05) is 19.9 Å². The average molecular weight is 490 g/mol. The monoisotopic (exact) mass is 490 g/mol. The molecule has 0 aliphatic carbocycles. The Bertz CT molecular complexity index is 719. The Morgan fingerprint density at radius 3 is 2.69 bits per heavy atom. The number of aromatic hydroxyl groups is 1. The zero-order chi connectivity index (χ0) is 18.2. The van der Waals surface area contributed by atoms with Crippen molar-refractivity contribution in [3.05, 3.63) is 39.8 Å². The number of hydrogen-bond acceptors (Lipinski definition) is 5. The van der Waals surface area contributed by atoms with Crippen molar-refractivity contribution in [1.82, 2.24) is 15.6 Å². The van der Waals surface area contributed by atoms with Gasteiger partial charge in [-0.05, 0) is 24.0 Å². The molecule has 0 unspecified atom stereocenters. The number of aliphatic imine (C=N–C) groups is 1. The van der Waals surface area contributed by atoms with Gasteiger partial charge in [0.15, 0.2) is 5.96 Å². The van der Waals surface area contributed by atoms with Crippen molar-refractivity contribution in [1.29, 1.82) is 0 Å². The molecule has 26 heavy (non-hydrogen) atoms. The number of phenolic OH excluding ortho intramolecular Hbond substituents is 1. The van der Waals surface area contributed by atoms with Gasteiger partial charge in [0.05, 0.1) is 19.3 Å². The van der Waals surface area contributed by atoms with E-state index in [-0.39, 0.29) is 29.7 Å². The summed E-state index contributed by atoms with van der Waals surface area (Å²) in [5.41, 5.74) is 1.99. The summed E-state index contributed by atoms with van der Waals surface area (Å²) in [6, 6.07) is 5.34. The van der Waals surface area contributed by atoms with Crippen molar-refractivity contribution >= 4 is 41.3 Å². The minimum atomic E-state index is 0. The number of guanidine groups is 1. The van der Waals surface area contributed by atoms with Crippen LogP contribution in [0.2, 0.25) is 0 Å². The molecule has 3 N–H and O–H groups in total. The number of aromatic nitrogens is 1. The van der Waals surface area contributed by atoms with Gasteiger partial charge in [0, 0.05) is 25.0 Å². The number of hydrogen-bond donors (Lipinski definition) is 3. The van der Waals surface area contributed by atoms with E-state index in [2.05, 4.69) is 39.8 Å². The summed E-state index contributed by atoms with van der Waals surface area (Å²) in [6.45, 7) is 5.59. The minimum absolute atomic E-state index is 0. The Hall–Kier alpha value is -1.55. The van der Waals surface area contributed by atoms with Crippen LogP contribution in [0.4, 0.5) is 0 Å². The largest absolute Gasteiger partial charge is 0.508 e. The summed E-state index contributed by atoms with van der Waals surface area (Å²) < 4.78 is 5.09. The molecule has 2 rings (SSSR count). The molecule has 6 nitrogen and oxygen atoms in total. The molecule has 1 aromatic heterocycles. The lowest BCUT2D eigenvalue weighted by Crippen LogP contribution is -2.37. The van der Waals surface area contributed by atoms with Gasteiger partial charge in [-0.15, -0.1) is 35.3 Å². The highest BCUT2D eigenvalue weighted by Crippen LogP contribution is 2.23. The van der Waals surface area contributed by atoms with Crippen LogP contribution < -0.4 is 15.4 Å². The third-order valence-electron chi connectivity index (χ3n) is 3.77. The van der Waals surface area contributed by atoms with Crippen LogP contribution in [0.5, 0.6) is 11.5 Å². The van der Waals surface area contributed by atoms with E-state index in [9.17, 15) is 5.11 Å². The summed E-state index contributed by atoms with van der Waals surface area (Å²) in [4.78, 5) is 8.81. The van der Waals surface area contributed by atoms with Gasteiger partial charge in [-0.2, -0.15) is 0 Å². The SMILES string of the molecule is CN=C(NCCc1ccc(OC)cc1O)NCc1nc(C(C)C)cs1.I. The molecule has 0 aliphatic rings. The number of rotatable bonds is 7. The molecular formula is C18H27IN4O2S. The highest BCUT2D eigenvalue weighted by molar-refractivity contribution is 14.0. The Morgan fingerprint density at radius 2 is 2.12 bits per heavy atom. The van der Waals surface area contributed by atoms with E-state index in [4.69, 9.17) is 4.74 Å². The van der Waals surface area contributed by atoms with E-state index in [1.807, 2.05) is 12.1 Å². The number of methoxy groups -OCH3 is 1. The normalized spacial score (nSPS) is 11.2. The van der Waals surface area contributed by atoms with Crippen molar-refractivity contribution in [3.63, 3.8) is 0 Å². The molecule has 0 saturated carbocycles. The molecule has 0 aliphatic heterocycles. The van der Waals surface area contributed by atoms with E-state index in [1.54, 1.807) is 31.6 Å². The second kappa shape index (κ2) is 11.2. The number of phenols is 1. The van der Waals surface area contributed by atoms with Crippen LogP contribution in [-0.2, 0) is 13.0 Å². The van der Waals surface area contributed by atoms with Crippen LogP contribution in [0.1, 0.15) is 36.0 Å². The maximum atomic E-state index is 9.98. The molecule has 8 heteroatoms. The van der Waals surface area contributed by atoms with Crippen LogP contribution in [0.15, 0.2) is 28.6 Å². The summed E-state index contributed by atoms with van der Waals surface area (Å²) in [7, 11) is 3.32. The zero-order valence-corrected chi connectivity index (χ0v) is 18.7. The Kier molecular flexibility index (Phi) is 9.71. The fraction of sp³-hybridized carbons (Fsp3) is 0.444. The predicted molar refractivity (Wildman–Crippen MR) is 118 cm³/mol. The van der Waals surface area contributed by atoms with Gasteiger partial charge in [0.2, 0.25) is 0 Å². The molecule has 144 valence electrons. The predicted octanol–water partition coefficient (Wildman–Crippen LogP) is 3.51. The molecular weight excluding hydrogens is 463 g/mol. The van der Waals surface area contributed by atoms with Gasteiger partial charge >= 0.3 is 0 Å². The minimum Gasteiger partial charge on any atom is -0.508 e. The van der Waals surface area contributed by atoms with Crippen LogP contribution in [-0.4, -0.2) is 36.8 Å². The van der Waals surface area contributed by atoms with Crippen molar-refractivity contribution in [2.75, 3.05) is 20.7 Å². The highest BCUT2D eigenvalue weighted by atomic mass is 127. The van der Waals surface area contributed by atoms with Crippen LogP contribution >= 0.6 is 35.3 Å². The molecule has 0 fully saturated rings. The molecule has 0 atom stereocenters. The second-order valence-corrected chi connectivity index (χ2v) is 6.86. The van der Waals surface area contributed by atoms with E-state index < -0.39 is 0 Å². The van der Waals surface area contributed by atoms with Gasteiger partial charge in [-0.3, -0.25) is 4.99 Å². The number of nitrogens with one attached hydrogen (secondary N) is 2. The lowest BCUT2D eigenvalue weighted by atomic mass is 10.1. The lowest BCUT2D eigenvalue weighted by molar-refractivity contribution is 0.406.